The Morgan fingerprint density at radius 3 is 2.67 bits per heavy atom. The maximum atomic E-state index is 12.5. The Balaban J connectivity index is 1.67. The normalized spacial score (nSPS) is 16.1. The van der Waals surface area contributed by atoms with E-state index in [1.54, 1.807) is 7.11 Å². The Labute approximate surface area is 160 Å². The molecule has 1 saturated heterocycles. The first kappa shape index (κ1) is 19.4. The van der Waals surface area contributed by atoms with Crippen molar-refractivity contribution in [3.63, 3.8) is 0 Å². The highest BCUT2D eigenvalue weighted by atomic mass is 16.5. The molecule has 0 bridgehead atoms. The molecule has 1 fully saturated rings. The van der Waals surface area contributed by atoms with Crippen LogP contribution in [0.15, 0.2) is 28.8 Å². The number of carbonyl (C=O) groups is 1. The Morgan fingerprint density at radius 2 is 2.00 bits per heavy atom. The summed E-state index contributed by atoms with van der Waals surface area (Å²) in [6, 6.07) is 8.07. The van der Waals surface area contributed by atoms with Crippen molar-refractivity contribution in [2.75, 3.05) is 26.9 Å². The zero-order chi connectivity index (χ0) is 19.3. The van der Waals surface area contributed by atoms with Gasteiger partial charge in [0, 0.05) is 42.7 Å². The minimum absolute atomic E-state index is 0.0377. The van der Waals surface area contributed by atoms with Crippen molar-refractivity contribution < 1.29 is 18.8 Å². The van der Waals surface area contributed by atoms with Gasteiger partial charge in [0.1, 0.15) is 11.5 Å². The number of hydrogen-bond donors (Lipinski definition) is 1. The van der Waals surface area contributed by atoms with Crippen molar-refractivity contribution in [3.05, 3.63) is 46.8 Å². The van der Waals surface area contributed by atoms with Crippen LogP contribution in [0.5, 0.6) is 5.75 Å². The summed E-state index contributed by atoms with van der Waals surface area (Å²) < 4.78 is 16.3. The number of ether oxygens (including phenoxy) is 2. The second-order valence-electron chi connectivity index (χ2n) is 7.17. The first-order valence-corrected chi connectivity index (χ1v) is 9.45. The average Bonchev–Trinajstić information content (AvgIpc) is 3.03. The van der Waals surface area contributed by atoms with Crippen molar-refractivity contribution in [3.8, 4) is 5.75 Å². The largest absolute Gasteiger partial charge is 0.496 e. The fourth-order valence-corrected chi connectivity index (χ4v) is 3.84. The summed E-state index contributed by atoms with van der Waals surface area (Å²) in [7, 11) is 1.69. The highest BCUT2D eigenvalue weighted by Gasteiger charge is 2.37. The van der Waals surface area contributed by atoms with E-state index in [4.69, 9.17) is 14.0 Å². The molecule has 2 aromatic rings. The van der Waals surface area contributed by atoms with E-state index < -0.39 is 0 Å². The fourth-order valence-electron chi connectivity index (χ4n) is 3.84. The number of aromatic nitrogens is 1. The average molecular weight is 372 g/mol. The van der Waals surface area contributed by atoms with Gasteiger partial charge in [-0.1, -0.05) is 23.4 Å². The van der Waals surface area contributed by atoms with E-state index in [2.05, 4.69) is 16.5 Å². The molecule has 1 N–H and O–H groups in total. The molecule has 6 nitrogen and oxygen atoms in total. The highest BCUT2D eigenvalue weighted by Crippen LogP contribution is 2.39. The number of benzene rings is 1. The summed E-state index contributed by atoms with van der Waals surface area (Å²) in [5, 5.41) is 7.09. The second-order valence-corrected chi connectivity index (χ2v) is 7.17. The molecule has 3 rings (SSSR count). The predicted molar refractivity (Wildman–Crippen MR) is 102 cm³/mol. The smallest absolute Gasteiger partial charge is 0.220 e. The van der Waals surface area contributed by atoms with Gasteiger partial charge in [0.05, 0.1) is 12.8 Å². The van der Waals surface area contributed by atoms with Gasteiger partial charge < -0.3 is 19.3 Å². The van der Waals surface area contributed by atoms with Crippen LogP contribution >= 0.6 is 0 Å². The molecule has 27 heavy (non-hydrogen) atoms. The van der Waals surface area contributed by atoms with E-state index in [1.807, 2.05) is 32.0 Å². The zero-order valence-electron chi connectivity index (χ0n) is 16.3. The van der Waals surface area contributed by atoms with Gasteiger partial charge in [0.15, 0.2) is 0 Å². The molecule has 1 amide bonds. The molecule has 1 aromatic heterocycles. The molecule has 0 aliphatic carbocycles. The number of nitrogens with one attached hydrogen (secondary N) is 1. The molecule has 6 heteroatoms. The zero-order valence-corrected chi connectivity index (χ0v) is 16.3. The molecular weight excluding hydrogens is 344 g/mol. The van der Waals surface area contributed by atoms with Gasteiger partial charge in [-0.25, -0.2) is 0 Å². The number of rotatable bonds is 7. The third-order valence-electron chi connectivity index (χ3n) is 5.54. The lowest BCUT2D eigenvalue weighted by Crippen LogP contribution is -2.44. The number of carbonyl (C=O) groups excluding carboxylic acids is 1. The van der Waals surface area contributed by atoms with E-state index in [0.717, 1.165) is 41.2 Å². The van der Waals surface area contributed by atoms with Crippen LogP contribution in [0.1, 0.15) is 41.8 Å². The van der Waals surface area contributed by atoms with Gasteiger partial charge in [-0.2, -0.15) is 0 Å². The van der Waals surface area contributed by atoms with Gasteiger partial charge in [0.25, 0.3) is 0 Å². The van der Waals surface area contributed by atoms with Crippen molar-refractivity contribution >= 4 is 5.91 Å². The molecule has 0 spiro atoms. The number of methoxy groups -OCH3 is 1. The van der Waals surface area contributed by atoms with Crippen LogP contribution in [-0.2, 0) is 21.4 Å². The quantitative estimate of drug-likeness (QED) is 0.808. The summed E-state index contributed by atoms with van der Waals surface area (Å²) in [5.74, 6) is 1.69. The van der Waals surface area contributed by atoms with E-state index in [1.165, 1.54) is 0 Å². The molecule has 0 saturated carbocycles. The Bertz CT molecular complexity index is 759. The number of aryl methyl sites for hydroxylation is 2. The van der Waals surface area contributed by atoms with E-state index in [9.17, 15) is 4.79 Å². The van der Waals surface area contributed by atoms with Crippen LogP contribution in [0, 0.1) is 13.8 Å². The minimum Gasteiger partial charge on any atom is -0.496 e. The van der Waals surface area contributed by atoms with Gasteiger partial charge in [0.2, 0.25) is 5.91 Å². The van der Waals surface area contributed by atoms with Gasteiger partial charge in [-0.3, -0.25) is 4.79 Å². The van der Waals surface area contributed by atoms with E-state index in [-0.39, 0.29) is 11.3 Å². The third kappa shape index (κ3) is 4.33. The molecular formula is C21H28N2O4. The molecule has 1 aromatic carbocycles. The van der Waals surface area contributed by atoms with Crippen LogP contribution in [0.3, 0.4) is 0 Å². The molecule has 0 radical (unpaired) electrons. The topological polar surface area (TPSA) is 73.6 Å². The standard InChI is InChI=1S/C21H28N2O4/c1-15-17(16(2)27-23-15)8-9-20(24)22-14-21(10-12-26-13-11-21)18-6-4-5-7-19(18)25-3/h4-7H,8-14H2,1-3H3,(H,22,24). The maximum Gasteiger partial charge on any atom is 0.220 e. The number of amides is 1. The number of para-hydroxylation sites is 1. The van der Waals surface area contributed by atoms with Crippen LogP contribution < -0.4 is 10.1 Å². The van der Waals surface area contributed by atoms with Gasteiger partial charge >= 0.3 is 0 Å². The Kier molecular flexibility index (Phi) is 6.16. The SMILES string of the molecule is COc1ccccc1C1(CNC(=O)CCc2c(C)noc2C)CCOCC1. The van der Waals surface area contributed by atoms with Crippen molar-refractivity contribution in [2.45, 2.75) is 44.9 Å². The third-order valence-corrected chi connectivity index (χ3v) is 5.54. The lowest BCUT2D eigenvalue weighted by molar-refractivity contribution is -0.121. The summed E-state index contributed by atoms with van der Waals surface area (Å²) in [4.78, 5) is 12.5. The van der Waals surface area contributed by atoms with E-state index >= 15 is 0 Å². The van der Waals surface area contributed by atoms with E-state index in [0.29, 0.717) is 32.6 Å². The van der Waals surface area contributed by atoms with Crippen LogP contribution in [-0.4, -0.2) is 37.9 Å². The molecule has 0 unspecified atom stereocenters. The Morgan fingerprint density at radius 1 is 1.26 bits per heavy atom. The summed E-state index contributed by atoms with van der Waals surface area (Å²) in [5.41, 5.74) is 2.86. The highest BCUT2D eigenvalue weighted by molar-refractivity contribution is 5.76. The summed E-state index contributed by atoms with van der Waals surface area (Å²) in [6.45, 7) is 5.74. The maximum absolute atomic E-state index is 12.5. The molecule has 1 aliphatic rings. The molecule has 146 valence electrons. The van der Waals surface area contributed by atoms with Crippen LogP contribution in [0.4, 0.5) is 0 Å². The molecule has 1 aliphatic heterocycles. The second kappa shape index (κ2) is 8.57. The van der Waals surface area contributed by atoms with Crippen molar-refractivity contribution in [2.24, 2.45) is 0 Å². The van der Waals surface area contributed by atoms with Crippen LogP contribution in [0.25, 0.3) is 0 Å². The van der Waals surface area contributed by atoms with Crippen LogP contribution in [0.2, 0.25) is 0 Å². The van der Waals surface area contributed by atoms with Gasteiger partial charge in [-0.05, 0) is 39.2 Å². The lowest BCUT2D eigenvalue weighted by atomic mass is 9.73. The number of nitrogens with zero attached hydrogens (tertiary/aromatic N) is 1. The summed E-state index contributed by atoms with van der Waals surface area (Å²) >= 11 is 0. The monoisotopic (exact) mass is 372 g/mol. The number of hydrogen-bond acceptors (Lipinski definition) is 5. The first-order valence-electron chi connectivity index (χ1n) is 9.45. The summed E-state index contributed by atoms with van der Waals surface area (Å²) in [6.07, 6.45) is 2.77. The molecule has 0 atom stereocenters. The first-order chi connectivity index (χ1) is 13.1. The Hall–Kier alpha value is -2.34. The van der Waals surface area contributed by atoms with Crippen molar-refractivity contribution in [1.29, 1.82) is 0 Å². The van der Waals surface area contributed by atoms with Crippen molar-refractivity contribution in [1.82, 2.24) is 10.5 Å². The minimum atomic E-state index is -0.163. The predicted octanol–water partition coefficient (Wildman–Crippen LogP) is 3.10. The van der Waals surface area contributed by atoms with Gasteiger partial charge in [-0.15, -0.1) is 0 Å². The lowest BCUT2D eigenvalue weighted by Gasteiger charge is -2.38. The molecule has 2 heterocycles. The fraction of sp³-hybridized carbons (Fsp3) is 0.524.